The average molecular weight is 274 g/mol. The highest BCUT2D eigenvalue weighted by Gasteiger charge is 2.27. The number of aliphatic hydroxyl groups excluding tert-OH is 1. The molecule has 0 bridgehead atoms. The lowest BCUT2D eigenvalue weighted by Crippen LogP contribution is -2.20. The summed E-state index contributed by atoms with van der Waals surface area (Å²) in [6.07, 6.45) is 4.00. The number of para-hydroxylation sites is 1. The summed E-state index contributed by atoms with van der Waals surface area (Å²) in [6, 6.07) is 7.87. The second-order valence-electron chi connectivity index (χ2n) is 6.34. The Bertz CT molecular complexity index is 476. The van der Waals surface area contributed by atoms with Gasteiger partial charge in [-0.3, -0.25) is 0 Å². The van der Waals surface area contributed by atoms with Crippen molar-refractivity contribution in [2.45, 2.75) is 52.7 Å². The normalized spacial score (nSPS) is 24.4. The second-order valence-corrected chi connectivity index (χ2v) is 6.34. The molecule has 2 rings (SSSR count). The monoisotopic (exact) mass is 274 g/mol. The molecule has 1 aromatic carbocycles. The van der Waals surface area contributed by atoms with Crippen LogP contribution in [0, 0.1) is 11.8 Å². The number of ether oxygens (including phenoxy) is 1. The van der Waals surface area contributed by atoms with Gasteiger partial charge in [-0.1, -0.05) is 36.8 Å². The molecule has 0 saturated carbocycles. The molecule has 0 aliphatic heterocycles. The SMILES string of the molecule is CC1=CC(C)CC(C(O)c2ccccc2OC(C)C)C1. The molecule has 0 amide bonds. The molecule has 1 aromatic rings. The largest absolute Gasteiger partial charge is 0.491 e. The number of allylic oxidation sites excluding steroid dienone is 2. The van der Waals surface area contributed by atoms with E-state index in [1.165, 1.54) is 5.57 Å². The molecule has 0 radical (unpaired) electrons. The fraction of sp³-hybridized carbons (Fsp3) is 0.556. The Morgan fingerprint density at radius 3 is 2.60 bits per heavy atom. The van der Waals surface area contributed by atoms with Crippen molar-refractivity contribution >= 4 is 0 Å². The van der Waals surface area contributed by atoms with Crippen molar-refractivity contribution in [1.82, 2.24) is 0 Å². The van der Waals surface area contributed by atoms with E-state index >= 15 is 0 Å². The standard InChI is InChI=1S/C18H26O2/c1-12(2)20-17-8-6-5-7-16(17)18(19)15-10-13(3)9-14(4)11-15/h5-9,12-13,15,18-19H,10-11H2,1-4H3. The van der Waals surface area contributed by atoms with Crippen molar-refractivity contribution in [3.05, 3.63) is 41.5 Å². The van der Waals surface area contributed by atoms with Crippen LogP contribution in [0.4, 0.5) is 0 Å². The maximum atomic E-state index is 10.8. The first-order valence-corrected chi connectivity index (χ1v) is 7.58. The maximum Gasteiger partial charge on any atom is 0.125 e. The zero-order valence-corrected chi connectivity index (χ0v) is 13.0. The van der Waals surface area contributed by atoms with Crippen LogP contribution in [-0.2, 0) is 0 Å². The van der Waals surface area contributed by atoms with Crippen LogP contribution in [0.3, 0.4) is 0 Å². The van der Waals surface area contributed by atoms with Crippen molar-refractivity contribution in [2.24, 2.45) is 11.8 Å². The zero-order chi connectivity index (χ0) is 14.7. The molecular formula is C18H26O2. The Labute approximate surface area is 122 Å². The summed E-state index contributed by atoms with van der Waals surface area (Å²) in [5.41, 5.74) is 2.31. The molecule has 1 N–H and O–H groups in total. The lowest BCUT2D eigenvalue weighted by Gasteiger charge is -2.30. The van der Waals surface area contributed by atoms with Gasteiger partial charge in [0.2, 0.25) is 0 Å². The van der Waals surface area contributed by atoms with E-state index in [2.05, 4.69) is 19.9 Å². The number of rotatable bonds is 4. The summed E-state index contributed by atoms with van der Waals surface area (Å²) < 4.78 is 5.84. The molecule has 2 heteroatoms. The molecular weight excluding hydrogens is 248 g/mol. The highest BCUT2D eigenvalue weighted by molar-refractivity contribution is 5.36. The molecule has 20 heavy (non-hydrogen) atoms. The topological polar surface area (TPSA) is 29.5 Å². The molecule has 1 aliphatic carbocycles. The fourth-order valence-electron chi connectivity index (χ4n) is 3.18. The molecule has 0 fully saturated rings. The Morgan fingerprint density at radius 1 is 1.25 bits per heavy atom. The van der Waals surface area contributed by atoms with Crippen LogP contribution in [0.2, 0.25) is 0 Å². The highest BCUT2D eigenvalue weighted by atomic mass is 16.5. The quantitative estimate of drug-likeness (QED) is 0.819. The van der Waals surface area contributed by atoms with Gasteiger partial charge in [-0.25, -0.2) is 0 Å². The van der Waals surface area contributed by atoms with E-state index in [1.54, 1.807) is 0 Å². The summed E-state index contributed by atoms with van der Waals surface area (Å²) >= 11 is 0. The summed E-state index contributed by atoms with van der Waals surface area (Å²) in [5, 5.41) is 10.8. The van der Waals surface area contributed by atoms with Gasteiger partial charge in [-0.15, -0.1) is 0 Å². The van der Waals surface area contributed by atoms with Crippen LogP contribution in [-0.4, -0.2) is 11.2 Å². The first-order valence-electron chi connectivity index (χ1n) is 7.58. The van der Waals surface area contributed by atoms with E-state index in [9.17, 15) is 5.11 Å². The van der Waals surface area contributed by atoms with E-state index in [1.807, 2.05) is 38.1 Å². The number of aliphatic hydroxyl groups is 1. The third-order valence-electron chi connectivity index (χ3n) is 3.87. The third-order valence-corrected chi connectivity index (χ3v) is 3.87. The predicted octanol–water partition coefficient (Wildman–Crippen LogP) is 4.50. The van der Waals surface area contributed by atoms with E-state index in [4.69, 9.17) is 4.74 Å². The van der Waals surface area contributed by atoms with Crippen LogP contribution in [0.1, 0.15) is 52.2 Å². The zero-order valence-electron chi connectivity index (χ0n) is 13.0. The lowest BCUT2D eigenvalue weighted by atomic mass is 9.78. The Balaban J connectivity index is 2.21. The van der Waals surface area contributed by atoms with Crippen molar-refractivity contribution in [3.8, 4) is 5.75 Å². The van der Waals surface area contributed by atoms with Gasteiger partial charge in [0.25, 0.3) is 0 Å². The second kappa shape index (κ2) is 6.45. The summed E-state index contributed by atoms with van der Waals surface area (Å²) in [6.45, 7) is 8.41. The van der Waals surface area contributed by atoms with Gasteiger partial charge in [0, 0.05) is 5.56 Å². The first kappa shape index (κ1) is 15.1. The van der Waals surface area contributed by atoms with Gasteiger partial charge >= 0.3 is 0 Å². The molecule has 0 heterocycles. The average Bonchev–Trinajstić information content (AvgIpc) is 2.36. The molecule has 3 unspecified atom stereocenters. The van der Waals surface area contributed by atoms with Crippen molar-refractivity contribution in [2.75, 3.05) is 0 Å². The number of hydrogen-bond acceptors (Lipinski definition) is 2. The number of benzene rings is 1. The van der Waals surface area contributed by atoms with Crippen LogP contribution in [0.15, 0.2) is 35.9 Å². The molecule has 3 atom stereocenters. The van der Waals surface area contributed by atoms with Crippen molar-refractivity contribution in [1.29, 1.82) is 0 Å². The van der Waals surface area contributed by atoms with E-state index in [0.29, 0.717) is 5.92 Å². The fourth-order valence-corrected chi connectivity index (χ4v) is 3.18. The molecule has 110 valence electrons. The Kier molecular flexibility index (Phi) is 4.87. The van der Waals surface area contributed by atoms with Crippen LogP contribution in [0.25, 0.3) is 0 Å². The molecule has 2 nitrogen and oxygen atoms in total. The van der Waals surface area contributed by atoms with Gasteiger partial charge in [0.1, 0.15) is 5.75 Å². The lowest BCUT2D eigenvalue weighted by molar-refractivity contribution is 0.0883. The van der Waals surface area contributed by atoms with Gasteiger partial charge in [-0.2, -0.15) is 0 Å². The van der Waals surface area contributed by atoms with E-state index in [0.717, 1.165) is 24.2 Å². The van der Waals surface area contributed by atoms with Gasteiger partial charge < -0.3 is 9.84 Å². The van der Waals surface area contributed by atoms with Crippen LogP contribution >= 0.6 is 0 Å². The molecule has 1 aliphatic rings. The van der Waals surface area contributed by atoms with Crippen LogP contribution < -0.4 is 4.74 Å². The maximum absolute atomic E-state index is 10.8. The minimum absolute atomic E-state index is 0.121. The highest BCUT2D eigenvalue weighted by Crippen LogP contribution is 2.39. The minimum atomic E-state index is -0.448. The minimum Gasteiger partial charge on any atom is -0.491 e. The van der Waals surface area contributed by atoms with Crippen molar-refractivity contribution < 1.29 is 9.84 Å². The number of hydrogen-bond donors (Lipinski definition) is 1. The molecule has 0 aromatic heterocycles. The Morgan fingerprint density at radius 2 is 1.95 bits per heavy atom. The van der Waals surface area contributed by atoms with Gasteiger partial charge in [-0.05, 0) is 51.5 Å². The van der Waals surface area contributed by atoms with Crippen LogP contribution in [0.5, 0.6) is 5.75 Å². The summed E-state index contributed by atoms with van der Waals surface area (Å²) in [7, 11) is 0. The Hall–Kier alpha value is -1.28. The molecule has 0 spiro atoms. The summed E-state index contributed by atoms with van der Waals surface area (Å²) in [4.78, 5) is 0. The van der Waals surface area contributed by atoms with E-state index < -0.39 is 6.10 Å². The third kappa shape index (κ3) is 3.63. The smallest absolute Gasteiger partial charge is 0.125 e. The molecule has 0 saturated heterocycles. The van der Waals surface area contributed by atoms with Gasteiger partial charge in [0.15, 0.2) is 0 Å². The predicted molar refractivity (Wildman–Crippen MR) is 82.8 cm³/mol. The summed E-state index contributed by atoms with van der Waals surface area (Å²) in [5.74, 6) is 1.64. The van der Waals surface area contributed by atoms with E-state index in [-0.39, 0.29) is 12.0 Å². The first-order chi connectivity index (χ1) is 9.47. The van der Waals surface area contributed by atoms with Gasteiger partial charge in [0.05, 0.1) is 12.2 Å². The van der Waals surface area contributed by atoms with Crippen molar-refractivity contribution in [3.63, 3.8) is 0 Å².